The molecule has 0 N–H and O–H groups in total. The van der Waals surface area contributed by atoms with Crippen LogP contribution >= 0.6 is 0 Å². The minimum Gasteiger partial charge on any atom is -0.505 e. The van der Waals surface area contributed by atoms with Crippen molar-refractivity contribution in [2.75, 3.05) is 20.3 Å². The number of ether oxygens (including phenoxy) is 2. The third kappa shape index (κ3) is 10.9. The number of carbonyl (C=O) groups excluding carboxylic acids is 3. The van der Waals surface area contributed by atoms with Gasteiger partial charge in [-0.25, -0.2) is 0 Å². The van der Waals surface area contributed by atoms with E-state index < -0.39 is 0 Å². The maximum Gasteiger partial charge on any atom is 0.159 e. The summed E-state index contributed by atoms with van der Waals surface area (Å²) in [7, 11) is 1.55. The van der Waals surface area contributed by atoms with Crippen molar-refractivity contribution in [1.82, 2.24) is 0 Å². The molecule has 6 aliphatic rings. The van der Waals surface area contributed by atoms with Crippen molar-refractivity contribution < 1.29 is 23.9 Å². The molecule has 6 rings (SSSR count). The quantitative estimate of drug-likeness (QED) is 0.280. The first-order chi connectivity index (χ1) is 22.1. The van der Waals surface area contributed by atoms with Crippen LogP contribution in [0.25, 0.3) is 0 Å². The SMILES string of the molecule is C1CCOC1.CC1=CC(=O)CCC1.COC=CCC#N.C[C@]12CCCC(=O)C1=CC[C@@H]2C#N.C[C@]12CCCC(=O)C1=CC[C@H]2C#N. The smallest absolute Gasteiger partial charge is 0.159 e. The van der Waals surface area contributed by atoms with Crippen LogP contribution in [-0.2, 0) is 23.9 Å². The molecule has 4 atom stereocenters. The Morgan fingerprint density at radius 3 is 1.70 bits per heavy atom. The number of methoxy groups -OCH3 is 1. The van der Waals surface area contributed by atoms with Crippen molar-refractivity contribution in [1.29, 1.82) is 15.8 Å². The number of nitrogens with zero attached hydrogens (tertiary/aromatic N) is 3. The zero-order valence-corrected chi connectivity index (χ0v) is 28.2. The van der Waals surface area contributed by atoms with Crippen molar-refractivity contribution in [3.05, 3.63) is 47.3 Å². The molecular weight excluding hydrogens is 578 g/mol. The van der Waals surface area contributed by atoms with E-state index in [0.29, 0.717) is 25.0 Å². The van der Waals surface area contributed by atoms with E-state index in [9.17, 15) is 14.4 Å². The Balaban J connectivity index is 0.000000209. The Morgan fingerprint density at radius 2 is 1.35 bits per heavy atom. The maximum atomic E-state index is 11.6. The molecule has 248 valence electrons. The highest BCUT2D eigenvalue weighted by atomic mass is 16.5. The first kappa shape index (κ1) is 38.4. The molecule has 8 heteroatoms. The average molecular weight is 630 g/mol. The summed E-state index contributed by atoms with van der Waals surface area (Å²) in [6.07, 6.45) is 21.6. The first-order valence-corrected chi connectivity index (χ1v) is 16.7. The van der Waals surface area contributed by atoms with E-state index in [0.717, 1.165) is 82.1 Å². The Bertz CT molecular complexity index is 1240. The number of hydrogen-bond acceptors (Lipinski definition) is 8. The summed E-state index contributed by atoms with van der Waals surface area (Å²) in [4.78, 5) is 33.7. The Kier molecular flexibility index (Phi) is 16.4. The molecule has 0 radical (unpaired) electrons. The van der Waals surface area contributed by atoms with Gasteiger partial charge in [0, 0.05) is 43.3 Å². The number of hydrogen-bond donors (Lipinski definition) is 0. The highest BCUT2D eigenvalue weighted by molar-refractivity contribution is 5.98. The Hall–Kier alpha value is -3.80. The van der Waals surface area contributed by atoms with Gasteiger partial charge in [-0.15, -0.1) is 0 Å². The summed E-state index contributed by atoms with van der Waals surface area (Å²) < 4.78 is 9.46. The summed E-state index contributed by atoms with van der Waals surface area (Å²) in [5.41, 5.74) is 2.87. The van der Waals surface area contributed by atoms with E-state index >= 15 is 0 Å². The van der Waals surface area contributed by atoms with Crippen LogP contribution in [-0.4, -0.2) is 37.7 Å². The lowest BCUT2D eigenvalue weighted by Gasteiger charge is -2.34. The molecule has 0 amide bonds. The van der Waals surface area contributed by atoms with Gasteiger partial charge in [-0.05, 0) is 94.4 Å². The summed E-state index contributed by atoms with van der Waals surface area (Å²) in [6.45, 7) is 8.14. The molecule has 1 saturated heterocycles. The van der Waals surface area contributed by atoms with E-state index in [-0.39, 0.29) is 34.2 Å². The second kappa shape index (κ2) is 19.7. The van der Waals surface area contributed by atoms with Gasteiger partial charge in [-0.1, -0.05) is 31.6 Å². The number of fused-ring (bicyclic) bond motifs is 2. The molecule has 2 saturated carbocycles. The predicted octanol–water partition coefficient (Wildman–Crippen LogP) is 7.97. The van der Waals surface area contributed by atoms with Crippen LogP contribution in [0.2, 0.25) is 0 Å². The minimum absolute atomic E-state index is 0.0340. The van der Waals surface area contributed by atoms with Crippen LogP contribution in [0.5, 0.6) is 0 Å². The van der Waals surface area contributed by atoms with Crippen LogP contribution in [0.4, 0.5) is 0 Å². The zero-order chi connectivity index (χ0) is 34.0. The summed E-state index contributed by atoms with van der Waals surface area (Å²) in [5, 5.41) is 25.9. The van der Waals surface area contributed by atoms with E-state index in [1.165, 1.54) is 24.7 Å². The highest BCUT2D eigenvalue weighted by Crippen LogP contribution is 2.51. The summed E-state index contributed by atoms with van der Waals surface area (Å²) >= 11 is 0. The Morgan fingerprint density at radius 1 is 0.826 bits per heavy atom. The predicted molar refractivity (Wildman–Crippen MR) is 177 cm³/mol. The van der Waals surface area contributed by atoms with Crippen molar-refractivity contribution in [2.24, 2.45) is 22.7 Å². The van der Waals surface area contributed by atoms with Crippen molar-refractivity contribution >= 4 is 17.3 Å². The summed E-state index contributed by atoms with van der Waals surface area (Å²) in [5.74, 6) is 0.908. The van der Waals surface area contributed by atoms with Gasteiger partial charge in [0.05, 0.1) is 49.8 Å². The largest absolute Gasteiger partial charge is 0.505 e. The number of carbonyl (C=O) groups is 3. The van der Waals surface area contributed by atoms with Crippen molar-refractivity contribution in [3.8, 4) is 18.2 Å². The molecule has 46 heavy (non-hydrogen) atoms. The first-order valence-electron chi connectivity index (χ1n) is 16.7. The Labute approximate surface area is 275 Å². The van der Waals surface area contributed by atoms with Crippen molar-refractivity contribution in [3.63, 3.8) is 0 Å². The molecule has 0 unspecified atom stereocenters. The van der Waals surface area contributed by atoms with Gasteiger partial charge >= 0.3 is 0 Å². The molecule has 1 aliphatic heterocycles. The second-order valence-corrected chi connectivity index (χ2v) is 13.1. The molecule has 8 nitrogen and oxygen atoms in total. The normalized spacial score (nSPS) is 29.0. The molecule has 0 aromatic carbocycles. The standard InChI is InChI=1S/2C11H13NO.C7H10O.C5H7NO.C4H8O/c2*1-11-6-2-3-10(13)9(11)5-4-8(11)7-12;1-6-3-2-4-7(8)5-6;1-7-5-3-2-4-6;1-2-4-5-3-1/h2*5,8H,2-4,6H2,1H3;5H,2-4H2,1H3;3,5H,2H2,1H3;1-4H2/t8-,11+;8-,11-;;;/m01.../s1. The number of rotatable bonds is 2. The van der Waals surface area contributed by atoms with Gasteiger partial charge in [-0.2, -0.15) is 15.8 Å². The third-order valence-electron chi connectivity index (χ3n) is 9.67. The van der Waals surface area contributed by atoms with Gasteiger partial charge in [-0.3, -0.25) is 14.4 Å². The van der Waals surface area contributed by atoms with Crippen molar-refractivity contribution in [2.45, 2.75) is 111 Å². The van der Waals surface area contributed by atoms with Gasteiger partial charge < -0.3 is 9.47 Å². The van der Waals surface area contributed by atoms with Crippen LogP contribution in [0, 0.1) is 56.7 Å². The molecule has 0 aromatic heterocycles. The molecule has 0 bridgehead atoms. The molecule has 0 spiro atoms. The number of Topliss-reactive ketones (excluding diaryl/α,β-unsaturated/α-hetero) is 2. The topological polar surface area (TPSA) is 141 Å². The fourth-order valence-electron chi connectivity index (χ4n) is 6.88. The van der Waals surface area contributed by atoms with Gasteiger partial charge in [0.1, 0.15) is 0 Å². The fraction of sp³-hybridized carbons (Fsp3) is 0.632. The lowest BCUT2D eigenvalue weighted by Crippen LogP contribution is -2.31. The van der Waals surface area contributed by atoms with Crippen LogP contribution in [0.3, 0.4) is 0 Å². The van der Waals surface area contributed by atoms with E-state index in [1.54, 1.807) is 19.3 Å². The summed E-state index contributed by atoms with van der Waals surface area (Å²) in [6, 6.07) is 6.58. The lowest BCUT2D eigenvalue weighted by molar-refractivity contribution is -0.119. The monoisotopic (exact) mass is 629 g/mol. The van der Waals surface area contributed by atoms with Gasteiger partial charge in [0.2, 0.25) is 0 Å². The second-order valence-electron chi connectivity index (χ2n) is 13.1. The lowest BCUT2D eigenvalue weighted by atomic mass is 9.67. The number of nitriles is 3. The number of allylic oxidation sites excluding steroid dienone is 7. The molecule has 0 aromatic rings. The van der Waals surface area contributed by atoms with Gasteiger partial charge in [0.15, 0.2) is 17.3 Å². The van der Waals surface area contributed by atoms with E-state index in [1.807, 2.05) is 25.1 Å². The van der Waals surface area contributed by atoms with Crippen LogP contribution in [0.1, 0.15) is 111 Å². The van der Waals surface area contributed by atoms with E-state index in [4.69, 9.17) is 20.5 Å². The average Bonchev–Trinajstić information content (AvgIpc) is 3.79. The minimum atomic E-state index is -0.121. The van der Waals surface area contributed by atoms with Crippen LogP contribution < -0.4 is 0 Å². The highest BCUT2D eigenvalue weighted by Gasteiger charge is 2.46. The zero-order valence-electron chi connectivity index (χ0n) is 28.2. The third-order valence-corrected chi connectivity index (χ3v) is 9.67. The molecular formula is C38H51N3O5. The molecule has 1 heterocycles. The maximum absolute atomic E-state index is 11.6. The fourth-order valence-corrected chi connectivity index (χ4v) is 6.88. The van der Waals surface area contributed by atoms with E-state index in [2.05, 4.69) is 30.7 Å². The number of ketones is 3. The molecule has 3 fully saturated rings. The molecule has 5 aliphatic carbocycles. The van der Waals surface area contributed by atoms with Gasteiger partial charge in [0.25, 0.3) is 0 Å². The van der Waals surface area contributed by atoms with Crippen LogP contribution in [0.15, 0.2) is 47.3 Å².